The van der Waals surface area contributed by atoms with Gasteiger partial charge in [-0.1, -0.05) is 12.1 Å². The summed E-state index contributed by atoms with van der Waals surface area (Å²) >= 11 is 0. The summed E-state index contributed by atoms with van der Waals surface area (Å²) in [5, 5.41) is 0.729. The molecule has 0 aliphatic heterocycles. The molecule has 1 aromatic carbocycles. The number of benzene rings is 1. The molecule has 3 aromatic rings. The second kappa shape index (κ2) is 4.11. The second-order valence-electron chi connectivity index (χ2n) is 4.24. The number of rotatable bonds is 1. The van der Waals surface area contributed by atoms with Crippen LogP contribution in [0.5, 0.6) is 0 Å². The normalized spacial score (nSPS) is 10.7. The molecule has 0 radical (unpaired) electrons. The van der Waals surface area contributed by atoms with Gasteiger partial charge in [0.1, 0.15) is 0 Å². The smallest absolute Gasteiger partial charge is 0.192 e. The first-order valence-electron chi connectivity index (χ1n) is 5.79. The number of nitrogens with one attached hydrogen (secondary N) is 1. The minimum atomic E-state index is 0.0798. The number of aromatic nitrogens is 2. The van der Waals surface area contributed by atoms with Crippen molar-refractivity contribution >= 4 is 10.9 Å². The van der Waals surface area contributed by atoms with Crippen molar-refractivity contribution in [3.8, 4) is 11.3 Å². The molecular formula is C15H12N2O. The lowest BCUT2D eigenvalue weighted by Gasteiger charge is -2.08. The van der Waals surface area contributed by atoms with Gasteiger partial charge in [-0.15, -0.1) is 0 Å². The van der Waals surface area contributed by atoms with Crippen molar-refractivity contribution in [3.63, 3.8) is 0 Å². The molecule has 88 valence electrons. The molecule has 0 unspecified atom stereocenters. The summed E-state index contributed by atoms with van der Waals surface area (Å²) in [4.78, 5) is 19.6. The molecule has 3 heteroatoms. The van der Waals surface area contributed by atoms with Crippen molar-refractivity contribution < 1.29 is 0 Å². The molecule has 3 rings (SSSR count). The molecule has 0 atom stereocenters. The van der Waals surface area contributed by atoms with E-state index >= 15 is 0 Å². The summed E-state index contributed by atoms with van der Waals surface area (Å²) in [6.07, 6.45) is 3.45. The van der Waals surface area contributed by atoms with Crippen molar-refractivity contribution in [1.82, 2.24) is 9.97 Å². The summed E-state index contributed by atoms with van der Waals surface area (Å²) in [7, 11) is 0. The first-order valence-corrected chi connectivity index (χ1v) is 5.79. The Kier molecular flexibility index (Phi) is 2.45. The average molecular weight is 236 g/mol. The van der Waals surface area contributed by atoms with E-state index in [0.717, 1.165) is 27.7 Å². The van der Waals surface area contributed by atoms with Gasteiger partial charge < -0.3 is 4.98 Å². The number of fused-ring (bicyclic) bond motifs is 1. The monoisotopic (exact) mass is 236 g/mol. The van der Waals surface area contributed by atoms with Crippen LogP contribution in [-0.2, 0) is 0 Å². The van der Waals surface area contributed by atoms with Crippen LogP contribution in [0.15, 0.2) is 53.6 Å². The quantitative estimate of drug-likeness (QED) is 0.706. The zero-order valence-electron chi connectivity index (χ0n) is 9.97. The summed E-state index contributed by atoms with van der Waals surface area (Å²) in [5.41, 5.74) is 3.52. The minimum Gasteiger partial charge on any atom is -0.354 e. The van der Waals surface area contributed by atoms with E-state index in [1.165, 1.54) is 0 Å². The van der Waals surface area contributed by atoms with Gasteiger partial charge in [-0.2, -0.15) is 0 Å². The van der Waals surface area contributed by atoms with E-state index in [4.69, 9.17) is 0 Å². The third-order valence-electron chi connectivity index (χ3n) is 3.12. The summed E-state index contributed by atoms with van der Waals surface area (Å²) in [6, 6.07) is 11.4. The Morgan fingerprint density at radius 1 is 1.06 bits per heavy atom. The van der Waals surface area contributed by atoms with Gasteiger partial charge in [-0.3, -0.25) is 9.78 Å². The number of hydrogen-bond acceptors (Lipinski definition) is 2. The lowest BCUT2D eigenvalue weighted by atomic mass is 10.0. The van der Waals surface area contributed by atoms with Crippen molar-refractivity contribution in [2.75, 3.05) is 0 Å². The molecule has 0 saturated heterocycles. The molecule has 0 bridgehead atoms. The third kappa shape index (κ3) is 1.61. The van der Waals surface area contributed by atoms with Gasteiger partial charge >= 0.3 is 0 Å². The maximum atomic E-state index is 12.3. The maximum absolute atomic E-state index is 12.3. The van der Waals surface area contributed by atoms with E-state index in [1.54, 1.807) is 12.4 Å². The lowest BCUT2D eigenvalue weighted by molar-refractivity contribution is 1.27. The number of aromatic amines is 1. The number of nitrogens with zero attached hydrogens (tertiary/aromatic N) is 1. The summed E-state index contributed by atoms with van der Waals surface area (Å²) in [6.45, 7) is 1.85. The van der Waals surface area contributed by atoms with Crippen LogP contribution in [0.1, 0.15) is 5.56 Å². The number of pyridine rings is 2. The molecule has 0 spiro atoms. The Hall–Kier alpha value is -2.42. The van der Waals surface area contributed by atoms with E-state index < -0.39 is 0 Å². The van der Waals surface area contributed by atoms with Crippen LogP contribution in [0.2, 0.25) is 0 Å². The van der Waals surface area contributed by atoms with Crippen LogP contribution in [-0.4, -0.2) is 9.97 Å². The van der Waals surface area contributed by atoms with Gasteiger partial charge in [-0.25, -0.2) is 0 Å². The van der Waals surface area contributed by atoms with Crippen LogP contribution in [0, 0.1) is 6.92 Å². The van der Waals surface area contributed by atoms with Crippen LogP contribution in [0.4, 0.5) is 0 Å². The van der Waals surface area contributed by atoms with Gasteiger partial charge in [0.2, 0.25) is 0 Å². The molecule has 0 fully saturated rings. The van der Waals surface area contributed by atoms with Gasteiger partial charge in [0, 0.05) is 34.4 Å². The summed E-state index contributed by atoms with van der Waals surface area (Å²) < 4.78 is 0. The predicted octanol–water partition coefficient (Wildman–Crippen LogP) is 2.90. The molecule has 3 nitrogen and oxygen atoms in total. The fraction of sp³-hybridized carbons (Fsp3) is 0.0667. The SMILES string of the molecule is Cc1c(-c2ccncc2)[nH]c2ccccc2c1=O. The van der Waals surface area contributed by atoms with E-state index in [2.05, 4.69) is 9.97 Å². The van der Waals surface area contributed by atoms with Crippen LogP contribution < -0.4 is 5.43 Å². The zero-order chi connectivity index (χ0) is 12.5. The molecule has 1 N–H and O–H groups in total. The van der Waals surface area contributed by atoms with Crippen LogP contribution in [0.3, 0.4) is 0 Å². The Balaban J connectivity index is 2.38. The Bertz CT molecular complexity index is 760. The van der Waals surface area contributed by atoms with Crippen LogP contribution in [0.25, 0.3) is 22.2 Å². The molecule has 0 saturated carbocycles. The van der Waals surface area contributed by atoms with Crippen molar-refractivity contribution in [2.24, 2.45) is 0 Å². The molecule has 2 aromatic heterocycles. The topological polar surface area (TPSA) is 45.8 Å². The molecule has 0 aliphatic carbocycles. The Morgan fingerprint density at radius 2 is 1.78 bits per heavy atom. The third-order valence-corrected chi connectivity index (χ3v) is 3.12. The van der Waals surface area contributed by atoms with Gasteiger partial charge in [-0.05, 0) is 31.2 Å². The molecule has 2 heterocycles. The van der Waals surface area contributed by atoms with Crippen molar-refractivity contribution in [3.05, 3.63) is 64.6 Å². The highest BCUT2D eigenvalue weighted by Gasteiger charge is 2.08. The van der Waals surface area contributed by atoms with Gasteiger partial charge in [0.15, 0.2) is 5.43 Å². The molecular weight excluding hydrogens is 224 g/mol. The van der Waals surface area contributed by atoms with Gasteiger partial charge in [0.25, 0.3) is 0 Å². The predicted molar refractivity (Wildman–Crippen MR) is 72.5 cm³/mol. The average Bonchev–Trinajstić information content (AvgIpc) is 2.44. The van der Waals surface area contributed by atoms with Crippen molar-refractivity contribution in [2.45, 2.75) is 6.92 Å². The largest absolute Gasteiger partial charge is 0.354 e. The highest BCUT2D eigenvalue weighted by atomic mass is 16.1. The highest BCUT2D eigenvalue weighted by Crippen LogP contribution is 2.20. The number of para-hydroxylation sites is 1. The van der Waals surface area contributed by atoms with E-state index in [-0.39, 0.29) is 5.43 Å². The van der Waals surface area contributed by atoms with E-state index in [1.807, 2.05) is 43.3 Å². The van der Waals surface area contributed by atoms with E-state index in [9.17, 15) is 4.79 Å². The molecule has 0 aliphatic rings. The fourth-order valence-electron chi connectivity index (χ4n) is 2.14. The number of H-pyrrole nitrogens is 1. The lowest BCUT2D eigenvalue weighted by Crippen LogP contribution is -2.09. The highest BCUT2D eigenvalue weighted by molar-refractivity contribution is 5.82. The first kappa shape index (κ1) is 10.7. The van der Waals surface area contributed by atoms with Crippen molar-refractivity contribution in [1.29, 1.82) is 0 Å². The zero-order valence-corrected chi connectivity index (χ0v) is 9.97. The van der Waals surface area contributed by atoms with E-state index in [0.29, 0.717) is 0 Å². The maximum Gasteiger partial charge on any atom is 0.192 e. The fourth-order valence-corrected chi connectivity index (χ4v) is 2.14. The Morgan fingerprint density at radius 3 is 2.56 bits per heavy atom. The standard InChI is InChI=1S/C15H12N2O/c1-10-14(11-6-8-16-9-7-11)17-13-5-3-2-4-12(13)15(10)18/h2-9H,1H3,(H,17,18). The first-order chi connectivity index (χ1) is 8.77. The Labute approximate surface area is 104 Å². The minimum absolute atomic E-state index is 0.0798. The van der Waals surface area contributed by atoms with Gasteiger partial charge in [0.05, 0.1) is 5.69 Å². The number of hydrogen-bond donors (Lipinski definition) is 1. The summed E-state index contributed by atoms with van der Waals surface area (Å²) in [5.74, 6) is 0. The second-order valence-corrected chi connectivity index (χ2v) is 4.24. The molecule has 18 heavy (non-hydrogen) atoms. The van der Waals surface area contributed by atoms with Crippen LogP contribution >= 0.6 is 0 Å². The molecule has 0 amide bonds.